The number of likely N-dealkylation sites (tertiary alicyclic amines) is 1. The fraction of sp³-hybridized carbons (Fsp3) is 0.552. The Kier molecular flexibility index (Phi) is 7.33. The van der Waals surface area contributed by atoms with Gasteiger partial charge in [0, 0.05) is 25.4 Å². The second kappa shape index (κ2) is 10.5. The molecule has 4 aliphatic rings. The van der Waals surface area contributed by atoms with Gasteiger partial charge in [-0.2, -0.15) is 0 Å². The number of nitrogens with zero attached hydrogens (tertiary/aromatic N) is 2. The second-order valence-corrected chi connectivity index (χ2v) is 10.3. The fourth-order valence-corrected chi connectivity index (χ4v) is 6.50. The average Bonchev–Trinajstić information content (AvgIpc) is 3.30. The van der Waals surface area contributed by atoms with Crippen LogP contribution in [0.1, 0.15) is 39.0 Å². The molecule has 0 radical (unpaired) electrons. The predicted molar refractivity (Wildman–Crippen MR) is 139 cm³/mol. The zero-order valence-electron chi connectivity index (χ0n) is 22.0. The van der Waals surface area contributed by atoms with Crippen LogP contribution in [0.4, 0.5) is 5.69 Å². The molecule has 5 atom stereocenters. The first-order valence-corrected chi connectivity index (χ1v) is 13.5. The van der Waals surface area contributed by atoms with Gasteiger partial charge in [0.1, 0.15) is 28.9 Å². The molecule has 9 nitrogen and oxygen atoms in total. The fourth-order valence-electron chi connectivity index (χ4n) is 6.50. The van der Waals surface area contributed by atoms with E-state index < -0.39 is 35.0 Å². The summed E-state index contributed by atoms with van der Waals surface area (Å²) in [5.41, 5.74) is -1.71. The summed E-state index contributed by atoms with van der Waals surface area (Å²) in [4.78, 5) is 45.3. The van der Waals surface area contributed by atoms with Gasteiger partial charge in [-0.1, -0.05) is 31.2 Å². The van der Waals surface area contributed by atoms with Gasteiger partial charge in [0.2, 0.25) is 5.91 Å². The first kappa shape index (κ1) is 26.4. The van der Waals surface area contributed by atoms with Crippen LogP contribution < -0.4 is 9.64 Å². The highest BCUT2D eigenvalue weighted by Crippen LogP contribution is 2.58. The summed E-state index contributed by atoms with van der Waals surface area (Å²) in [6.07, 6.45) is 10.5. The van der Waals surface area contributed by atoms with Crippen LogP contribution in [0.5, 0.6) is 5.75 Å². The molecule has 1 aromatic carbocycles. The summed E-state index contributed by atoms with van der Waals surface area (Å²) >= 11 is 0. The third-order valence-electron chi connectivity index (χ3n) is 8.32. The van der Waals surface area contributed by atoms with E-state index in [0.717, 1.165) is 6.42 Å². The molecule has 0 aliphatic carbocycles. The maximum Gasteiger partial charge on any atom is 0.313 e. The van der Waals surface area contributed by atoms with E-state index in [-0.39, 0.29) is 31.6 Å². The number of aliphatic hydroxyl groups excluding tert-OH is 1. The summed E-state index contributed by atoms with van der Waals surface area (Å²) in [6.45, 7) is 2.77. The number of carbonyl (C=O) groups excluding carboxylic acids is 3. The molecule has 4 heterocycles. The zero-order chi connectivity index (χ0) is 26.9. The Morgan fingerprint density at radius 3 is 2.55 bits per heavy atom. The molecule has 0 aromatic heterocycles. The number of aliphatic hydroxyl groups is 1. The molecule has 1 N–H and O–H groups in total. The summed E-state index contributed by atoms with van der Waals surface area (Å²) in [7, 11) is 1.58. The quantitative estimate of drug-likeness (QED) is 0.332. The van der Waals surface area contributed by atoms with Crippen molar-refractivity contribution in [3.8, 4) is 5.75 Å². The Balaban J connectivity index is 1.62. The highest BCUT2D eigenvalue weighted by Gasteiger charge is 2.75. The summed E-state index contributed by atoms with van der Waals surface area (Å²) in [5, 5.41) is 9.37. The number of benzene rings is 1. The van der Waals surface area contributed by atoms with E-state index in [1.165, 1.54) is 0 Å². The maximum absolute atomic E-state index is 14.4. The molecule has 9 heteroatoms. The van der Waals surface area contributed by atoms with Gasteiger partial charge >= 0.3 is 5.97 Å². The van der Waals surface area contributed by atoms with Crippen molar-refractivity contribution in [2.45, 2.75) is 56.3 Å². The Hall–Kier alpha value is -3.17. The number of hydrogen-bond donors (Lipinski definition) is 1. The van der Waals surface area contributed by atoms with Crippen molar-refractivity contribution < 1.29 is 33.7 Å². The van der Waals surface area contributed by atoms with Gasteiger partial charge in [0.05, 0.1) is 19.6 Å². The Morgan fingerprint density at radius 1 is 1.05 bits per heavy atom. The number of allylic oxidation sites excluding steroid dienone is 1. The molecule has 1 spiro atoms. The minimum atomic E-state index is -1.32. The van der Waals surface area contributed by atoms with Gasteiger partial charge in [0.25, 0.3) is 5.91 Å². The van der Waals surface area contributed by atoms with Gasteiger partial charge in [-0.25, -0.2) is 0 Å². The predicted octanol–water partition coefficient (Wildman–Crippen LogP) is 2.62. The first-order chi connectivity index (χ1) is 18.4. The zero-order valence-corrected chi connectivity index (χ0v) is 22.0. The van der Waals surface area contributed by atoms with Crippen molar-refractivity contribution >= 4 is 23.5 Å². The van der Waals surface area contributed by atoms with Crippen LogP contribution in [0.15, 0.2) is 48.6 Å². The van der Waals surface area contributed by atoms with Crippen LogP contribution in [-0.4, -0.2) is 78.4 Å². The van der Waals surface area contributed by atoms with Crippen LogP contribution in [0, 0.1) is 11.8 Å². The number of anilines is 1. The molecular formula is C29H36N2O7. The average molecular weight is 525 g/mol. The maximum atomic E-state index is 14.4. The molecule has 0 bridgehead atoms. The van der Waals surface area contributed by atoms with E-state index >= 15 is 0 Å². The van der Waals surface area contributed by atoms with Crippen LogP contribution in [0.3, 0.4) is 0 Å². The summed E-state index contributed by atoms with van der Waals surface area (Å²) < 4.78 is 17.8. The Morgan fingerprint density at radius 2 is 1.84 bits per heavy atom. The third-order valence-corrected chi connectivity index (χ3v) is 8.32. The number of unbranched alkanes of at least 4 members (excludes halogenated alkanes) is 1. The highest BCUT2D eigenvalue weighted by molar-refractivity contribution is 6.05. The minimum Gasteiger partial charge on any atom is -0.497 e. The number of methoxy groups -OCH3 is 1. The van der Waals surface area contributed by atoms with Crippen molar-refractivity contribution in [1.82, 2.24) is 4.90 Å². The molecule has 2 fully saturated rings. The number of carbonyl (C=O) groups is 3. The largest absolute Gasteiger partial charge is 0.497 e. The Labute approximate surface area is 223 Å². The molecule has 4 aliphatic heterocycles. The number of cyclic esters (lactones) is 1. The van der Waals surface area contributed by atoms with E-state index in [1.807, 2.05) is 43.4 Å². The Bertz CT molecular complexity index is 1130. The van der Waals surface area contributed by atoms with Crippen LogP contribution in [-0.2, 0) is 23.9 Å². The van der Waals surface area contributed by atoms with Crippen LogP contribution in [0.2, 0.25) is 0 Å². The highest BCUT2D eigenvalue weighted by atomic mass is 16.6. The van der Waals surface area contributed by atoms with Gasteiger partial charge in [-0.05, 0) is 56.4 Å². The van der Waals surface area contributed by atoms with Crippen molar-refractivity contribution in [2.75, 3.05) is 38.3 Å². The van der Waals surface area contributed by atoms with E-state index in [0.29, 0.717) is 43.7 Å². The van der Waals surface area contributed by atoms with Crippen LogP contribution >= 0.6 is 0 Å². The van der Waals surface area contributed by atoms with Crippen molar-refractivity contribution in [1.29, 1.82) is 0 Å². The normalized spacial score (nSPS) is 33.4. The van der Waals surface area contributed by atoms with E-state index in [2.05, 4.69) is 0 Å². The third kappa shape index (κ3) is 4.12. The van der Waals surface area contributed by atoms with Crippen LogP contribution in [0.25, 0.3) is 0 Å². The lowest BCUT2D eigenvalue weighted by atomic mass is 9.73. The number of rotatable bonds is 7. The lowest BCUT2D eigenvalue weighted by Crippen LogP contribution is -2.56. The molecular weight excluding hydrogens is 488 g/mol. The molecule has 2 amide bonds. The van der Waals surface area contributed by atoms with Gasteiger partial charge < -0.3 is 29.1 Å². The van der Waals surface area contributed by atoms with Crippen molar-refractivity contribution in [3.63, 3.8) is 0 Å². The lowest BCUT2D eigenvalue weighted by Gasteiger charge is -2.38. The minimum absolute atomic E-state index is 0.0116. The molecule has 1 aromatic rings. The summed E-state index contributed by atoms with van der Waals surface area (Å²) in [5.74, 6) is -2.10. The van der Waals surface area contributed by atoms with Crippen molar-refractivity contribution in [3.05, 3.63) is 48.6 Å². The van der Waals surface area contributed by atoms with Gasteiger partial charge in [0.15, 0.2) is 0 Å². The standard InChI is InChI=1S/C29H36N2O7/c1-3-28-14-5-4-8-19-37-27(35)23(28)22-25(33)31(16-6-7-18-32)24-26(34)30(17-9-15-29(22,24)38-28)20-10-12-21(36-2)13-11-20/h5,9-15,22-24,32H,3-4,6-8,16-19H2,1-2H3/b14-5-/t22-,23-,24?,28+,29-/m0/s1. The van der Waals surface area contributed by atoms with Gasteiger partial charge in [-0.15, -0.1) is 0 Å². The molecule has 1 unspecified atom stereocenters. The molecule has 204 valence electrons. The number of hydrogen-bond acceptors (Lipinski definition) is 7. The van der Waals surface area contributed by atoms with E-state index in [1.54, 1.807) is 29.0 Å². The molecule has 5 rings (SSSR count). The van der Waals surface area contributed by atoms with Crippen molar-refractivity contribution in [2.24, 2.45) is 11.8 Å². The summed E-state index contributed by atoms with van der Waals surface area (Å²) in [6, 6.07) is 6.25. The topological polar surface area (TPSA) is 106 Å². The van der Waals surface area contributed by atoms with E-state index in [4.69, 9.17) is 14.2 Å². The number of amides is 2. The lowest BCUT2D eigenvalue weighted by molar-refractivity contribution is -0.159. The van der Waals surface area contributed by atoms with Gasteiger partial charge in [-0.3, -0.25) is 14.4 Å². The molecule has 2 saturated heterocycles. The smallest absolute Gasteiger partial charge is 0.313 e. The monoisotopic (exact) mass is 524 g/mol. The number of esters is 1. The van der Waals surface area contributed by atoms with E-state index in [9.17, 15) is 19.5 Å². The number of ether oxygens (including phenoxy) is 3. The number of fused-ring (bicyclic) bond motifs is 2. The second-order valence-electron chi connectivity index (χ2n) is 10.3. The molecule has 0 saturated carbocycles. The SMILES string of the molecule is CC[C@@]12/C=C\CCCOC(=O)[C@@H]1[C@H]1C(=O)N(CCCCO)C3C(=O)N(c4ccc(OC)cc4)CC=C[C@@]31O2. The molecule has 38 heavy (non-hydrogen) atoms. The first-order valence-electron chi connectivity index (χ1n) is 13.5.